The molecule has 2 rings (SSSR count). The van der Waals surface area contributed by atoms with Crippen LogP contribution in [0.4, 0.5) is 0 Å². The molecule has 1 aliphatic rings. The Balaban J connectivity index is 1.75. The first-order chi connectivity index (χ1) is 12.0. The van der Waals surface area contributed by atoms with Crippen LogP contribution in [0, 0.1) is 0 Å². The van der Waals surface area contributed by atoms with E-state index in [1.165, 1.54) is 4.90 Å². The minimum atomic E-state index is -0.267. The molecule has 1 unspecified atom stereocenters. The minimum absolute atomic E-state index is 0.0457. The van der Waals surface area contributed by atoms with E-state index >= 15 is 0 Å². The Bertz CT molecular complexity index is 606. The third-order valence-electron chi connectivity index (χ3n) is 4.69. The zero-order chi connectivity index (χ0) is 18.4. The molecule has 6 heteroatoms. The molecule has 0 saturated carbocycles. The number of hydrogen-bond donors (Lipinski definition) is 1. The average molecular weight is 345 g/mol. The quantitative estimate of drug-likeness (QED) is 0.694. The average Bonchev–Trinajstić information content (AvgIpc) is 2.86. The van der Waals surface area contributed by atoms with Crippen LogP contribution >= 0.6 is 0 Å². The Morgan fingerprint density at radius 3 is 2.20 bits per heavy atom. The second kappa shape index (κ2) is 8.76. The van der Waals surface area contributed by atoms with Crippen molar-refractivity contribution >= 4 is 17.7 Å². The molecule has 1 N–H and O–H groups in total. The molecule has 136 valence electrons. The molecule has 1 aliphatic heterocycles. The standard InChI is InChI=1S/C19H27N3O3/c1-4-21(5-2)14(3)13-20-17(23)11-8-12-22-18(24)15-9-6-7-10-16(15)19(22)25/h6-7,9-10,14H,4-5,8,11-13H2,1-3H3,(H,20,23). The summed E-state index contributed by atoms with van der Waals surface area (Å²) in [5.74, 6) is -0.581. The van der Waals surface area contributed by atoms with E-state index in [4.69, 9.17) is 0 Å². The summed E-state index contributed by atoms with van der Waals surface area (Å²) in [6.07, 6.45) is 0.773. The van der Waals surface area contributed by atoms with Crippen LogP contribution in [0.15, 0.2) is 24.3 Å². The highest BCUT2D eigenvalue weighted by atomic mass is 16.2. The highest BCUT2D eigenvalue weighted by molar-refractivity contribution is 6.21. The van der Waals surface area contributed by atoms with Crippen LogP contribution in [0.25, 0.3) is 0 Å². The summed E-state index contributed by atoms with van der Waals surface area (Å²) < 4.78 is 0. The lowest BCUT2D eigenvalue weighted by atomic mass is 10.1. The number of carbonyl (C=O) groups is 3. The zero-order valence-corrected chi connectivity index (χ0v) is 15.2. The smallest absolute Gasteiger partial charge is 0.261 e. The van der Waals surface area contributed by atoms with Gasteiger partial charge in [-0.1, -0.05) is 26.0 Å². The number of hydrogen-bond acceptors (Lipinski definition) is 4. The van der Waals surface area contributed by atoms with Gasteiger partial charge in [-0.2, -0.15) is 0 Å². The van der Waals surface area contributed by atoms with Crippen molar-refractivity contribution in [2.24, 2.45) is 0 Å². The molecule has 6 nitrogen and oxygen atoms in total. The van der Waals surface area contributed by atoms with E-state index in [1.807, 2.05) is 0 Å². The van der Waals surface area contributed by atoms with Gasteiger partial charge in [-0.05, 0) is 38.6 Å². The van der Waals surface area contributed by atoms with E-state index in [-0.39, 0.29) is 30.3 Å². The lowest BCUT2D eigenvalue weighted by Gasteiger charge is -2.26. The van der Waals surface area contributed by atoms with Crippen LogP contribution in [0.1, 0.15) is 54.3 Å². The van der Waals surface area contributed by atoms with Crippen LogP contribution in [-0.2, 0) is 4.79 Å². The van der Waals surface area contributed by atoms with Crippen molar-refractivity contribution in [3.05, 3.63) is 35.4 Å². The molecule has 0 fully saturated rings. The monoisotopic (exact) mass is 345 g/mol. The fraction of sp³-hybridized carbons (Fsp3) is 0.526. The number of fused-ring (bicyclic) bond motifs is 1. The molecular weight excluding hydrogens is 318 g/mol. The van der Waals surface area contributed by atoms with Gasteiger partial charge in [0.25, 0.3) is 11.8 Å². The number of benzene rings is 1. The van der Waals surface area contributed by atoms with Crippen LogP contribution in [-0.4, -0.2) is 59.7 Å². The summed E-state index contributed by atoms with van der Waals surface area (Å²) >= 11 is 0. The van der Waals surface area contributed by atoms with Crippen LogP contribution in [0.2, 0.25) is 0 Å². The number of nitrogens with one attached hydrogen (secondary N) is 1. The third kappa shape index (κ3) is 4.45. The van der Waals surface area contributed by atoms with E-state index in [2.05, 4.69) is 31.0 Å². The maximum absolute atomic E-state index is 12.2. The Hall–Kier alpha value is -2.21. The van der Waals surface area contributed by atoms with Crippen LogP contribution in [0.5, 0.6) is 0 Å². The predicted molar refractivity (Wildman–Crippen MR) is 96.4 cm³/mol. The van der Waals surface area contributed by atoms with Crippen molar-refractivity contribution in [2.45, 2.75) is 39.7 Å². The van der Waals surface area contributed by atoms with Crippen molar-refractivity contribution in [3.63, 3.8) is 0 Å². The maximum Gasteiger partial charge on any atom is 0.261 e. The number of nitrogens with zero attached hydrogens (tertiary/aromatic N) is 2. The molecule has 0 spiro atoms. The third-order valence-corrected chi connectivity index (χ3v) is 4.69. The largest absolute Gasteiger partial charge is 0.355 e. The molecule has 0 aromatic heterocycles. The maximum atomic E-state index is 12.2. The fourth-order valence-electron chi connectivity index (χ4n) is 3.17. The first-order valence-electron chi connectivity index (χ1n) is 8.95. The Kier molecular flexibility index (Phi) is 6.70. The van der Waals surface area contributed by atoms with Crippen molar-refractivity contribution in [2.75, 3.05) is 26.2 Å². The van der Waals surface area contributed by atoms with E-state index < -0.39 is 0 Å². The summed E-state index contributed by atoms with van der Waals surface area (Å²) in [6, 6.07) is 7.11. The molecular formula is C19H27N3O3. The molecule has 1 aromatic rings. The van der Waals surface area contributed by atoms with Gasteiger partial charge in [0.2, 0.25) is 5.91 Å². The van der Waals surface area contributed by atoms with Crippen molar-refractivity contribution < 1.29 is 14.4 Å². The number of imide groups is 1. The topological polar surface area (TPSA) is 69.7 Å². The summed E-state index contributed by atoms with van der Waals surface area (Å²) in [6.45, 7) is 9.07. The first kappa shape index (κ1) is 19.1. The van der Waals surface area contributed by atoms with Crippen molar-refractivity contribution in [3.8, 4) is 0 Å². The van der Waals surface area contributed by atoms with E-state index in [9.17, 15) is 14.4 Å². The van der Waals surface area contributed by atoms with Gasteiger partial charge in [0, 0.05) is 25.6 Å². The zero-order valence-electron chi connectivity index (χ0n) is 15.2. The molecule has 0 bridgehead atoms. The van der Waals surface area contributed by atoms with Crippen LogP contribution in [0.3, 0.4) is 0 Å². The van der Waals surface area contributed by atoms with Gasteiger partial charge >= 0.3 is 0 Å². The van der Waals surface area contributed by atoms with Gasteiger partial charge in [0.1, 0.15) is 0 Å². The first-order valence-corrected chi connectivity index (χ1v) is 8.95. The predicted octanol–water partition coefficient (Wildman–Crippen LogP) is 1.91. The minimum Gasteiger partial charge on any atom is -0.355 e. The second-order valence-electron chi connectivity index (χ2n) is 6.29. The second-order valence-corrected chi connectivity index (χ2v) is 6.29. The highest BCUT2D eigenvalue weighted by Crippen LogP contribution is 2.22. The fourth-order valence-corrected chi connectivity index (χ4v) is 3.17. The molecule has 1 aromatic carbocycles. The lowest BCUT2D eigenvalue weighted by molar-refractivity contribution is -0.121. The number of carbonyl (C=O) groups excluding carboxylic acids is 3. The molecule has 0 radical (unpaired) electrons. The highest BCUT2D eigenvalue weighted by Gasteiger charge is 2.34. The molecule has 25 heavy (non-hydrogen) atoms. The van der Waals surface area contributed by atoms with E-state index in [0.717, 1.165) is 13.1 Å². The molecule has 0 aliphatic carbocycles. The van der Waals surface area contributed by atoms with E-state index in [1.54, 1.807) is 24.3 Å². The molecule has 1 heterocycles. The van der Waals surface area contributed by atoms with Gasteiger partial charge in [0.05, 0.1) is 11.1 Å². The molecule has 1 atom stereocenters. The molecule has 0 saturated heterocycles. The SMILES string of the molecule is CCN(CC)C(C)CNC(=O)CCCN1C(=O)c2ccccc2C1=O. The van der Waals surface area contributed by atoms with Crippen molar-refractivity contribution in [1.82, 2.24) is 15.1 Å². The number of rotatable bonds is 9. The lowest BCUT2D eigenvalue weighted by Crippen LogP contribution is -2.42. The van der Waals surface area contributed by atoms with E-state index in [0.29, 0.717) is 30.5 Å². The van der Waals surface area contributed by atoms with Gasteiger partial charge in [-0.25, -0.2) is 0 Å². The number of likely N-dealkylation sites (N-methyl/N-ethyl adjacent to an activating group) is 1. The van der Waals surface area contributed by atoms with Crippen molar-refractivity contribution in [1.29, 1.82) is 0 Å². The summed E-state index contributed by atoms with van der Waals surface area (Å²) in [4.78, 5) is 40.0. The number of amides is 3. The Labute approximate surface area is 149 Å². The molecule has 3 amide bonds. The van der Waals surface area contributed by atoms with Gasteiger partial charge < -0.3 is 5.32 Å². The van der Waals surface area contributed by atoms with Crippen LogP contribution < -0.4 is 5.32 Å². The normalized spacial score (nSPS) is 14.8. The van der Waals surface area contributed by atoms with Gasteiger partial charge in [-0.3, -0.25) is 24.2 Å². The Morgan fingerprint density at radius 2 is 1.68 bits per heavy atom. The Morgan fingerprint density at radius 1 is 1.12 bits per heavy atom. The summed E-state index contributed by atoms with van der Waals surface area (Å²) in [5.41, 5.74) is 0.898. The van der Waals surface area contributed by atoms with Gasteiger partial charge in [-0.15, -0.1) is 0 Å². The summed E-state index contributed by atoms with van der Waals surface area (Å²) in [7, 11) is 0. The summed E-state index contributed by atoms with van der Waals surface area (Å²) in [5, 5.41) is 2.93. The van der Waals surface area contributed by atoms with Gasteiger partial charge in [0.15, 0.2) is 0 Å².